The Morgan fingerprint density at radius 3 is 1.00 bits per heavy atom. The molecule has 0 saturated heterocycles. The van der Waals surface area contributed by atoms with Crippen LogP contribution in [0.25, 0.3) is 0 Å². The lowest BCUT2D eigenvalue weighted by atomic mass is 10.5. The largest absolute Gasteiger partial charge is 1.00 e. The van der Waals surface area contributed by atoms with Gasteiger partial charge in [-0.1, -0.05) is 12.1 Å². The van der Waals surface area contributed by atoms with Crippen molar-refractivity contribution in [1.82, 2.24) is 0 Å². The molecule has 0 aromatic carbocycles. The van der Waals surface area contributed by atoms with Gasteiger partial charge in [0.15, 0.2) is 24.8 Å². The Morgan fingerprint density at radius 2 is 0.833 bits per heavy atom. The minimum atomic E-state index is 0. The first kappa shape index (κ1) is 19.2. The summed E-state index contributed by atoms with van der Waals surface area (Å²) in [6.07, 6.45) is 8.22. The summed E-state index contributed by atoms with van der Waals surface area (Å²) in [5.41, 5.74) is 0. The summed E-state index contributed by atoms with van der Waals surface area (Å²) in [5, 5.41) is 0. The summed E-state index contributed by atoms with van der Waals surface area (Å²) < 4.78 is 4.25. The first-order chi connectivity index (χ1) is 7.86. The predicted octanol–water partition coefficient (Wildman–Crippen LogP) is -4.00. The van der Waals surface area contributed by atoms with Crippen molar-refractivity contribution in [2.24, 2.45) is 0 Å². The molecule has 0 unspecified atom stereocenters. The maximum atomic E-state index is 2.12. The SMILES string of the molecule is CC[n+]1ccccc1.CC[n+]1ccccc1.[Cl-].[Cl-]. The highest BCUT2D eigenvalue weighted by atomic mass is 35.5. The Labute approximate surface area is 122 Å². The van der Waals surface area contributed by atoms with Crippen molar-refractivity contribution in [3.8, 4) is 0 Å². The molecule has 0 fully saturated rings. The summed E-state index contributed by atoms with van der Waals surface area (Å²) in [5.74, 6) is 0. The Morgan fingerprint density at radius 1 is 0.556 bits per heavy atom. The Balaban J connectivity index is 0. The lowest BCUT2D eigenvalue weighted by Gasteiger charge is -1.84. The molecule has 0 spiro atoms. The van der Waals surface area contributed by atoms with E-state index in [2.05, 4.69) is 47.8 Å². The van der Waals surface area contributed by atoms with Gasteiger partial charge in [0.05, 0.1) is 0 Å². The number of hydrogen-bond acceptors (Lipinski definition) is 0. The monoisotopic (exact) mass is 286 g/mol. The minimum Gasteiger partial charge on any atom is -1.00 e. The van der Waals surface area contributed by atoms with Gasteiger partial charge in [-0.15, -0.1) is 0 Å². The van der Waals surface area contributed by atoms with Crippen LogP contribution in [0.3, 0.4) is 0 Å². The van der Waals surface area contributed by atoms with E-state index in [9.17, 15) is 0 Å². The fourth-order valence-electron chi connectivity index (χ4n) is 1.29. The van der Waals surface area contributed by atoms with E-state index in [1.54, 1.807) is 0 Å². The van der Waals surface area contributed by atoms with Crippen LogP contribution in [0.5, 0.6) is 0 Å². The number of rotatable bonds is 2. The maximum absolute atomic E-state index is 2.12. The van der Waals surface area contributed by atoms with Gasteiger partial charge in [-0.05, 0) is 13.8 Å². The molecule has 0 atom stereocenters. The van der Waals surface area contributed by atoms with Gasteiger partial charge < -0.3 is 24.8 Å². The molecule has 2 nitrogen and oxygen atoms in total. The van der Waals surface area contributed by atoms with Crippen LogP contribution in [0.2, 0.25) is 0 Å². The highest BCUT2D eigenvalue weighted by molar-refractivity contribution is 4.83. The van der Waals surface area contributed by atoms with E-state index in [4.69, 9.17) is 0 Å². The fourth-order valence-corrected chi connectivity index (χ4v) is 1.29. The molecule has 0 N–H and O–H groups in total. The van der Waals surface area contributed by atoms with Crippen LogP contribution in [0, 0.1) is 0 Å². The van der Waals surface area contributed by atoms with Gasteiger partial charge in [-0.25, -0.2) is 9.13 Å². The van der Waals surface area contributed by atoms with Crippen molar-refractivity contribution in [3.05, 3.63) is 61.2 Å². The van der Waals surface area contributed by atoms with E-state index in [-0.39, 0.29) is 24.8 Å². The summed E-state index contributed by atoms with van der Waals surface area (Å²) in [7, 11) is 0. The first-order valence-corrected chi connectivity index (χ1v) is 5.75. The molecule has 0 aliphatic carbocycles. The maximum Gasteiger partial charge on any atom is 0.168 e. The quantitative estimate of drug-likeness (QED) is 0.498. The number of aromatic nitrogens is 2. The number of halogens is 2. The molecule has 2 aromatic heterocycles. The normalized spacial score (nSPS) is 8.11. The van der Waals surface area contributed by atoms with E-state index < -0.39 is 0 Å². The Bertz CT molecular complexity index is 340. The van der Waals surface area contributed by atoms with E-state index in [0.717, 1.165) is 13.1 Å². The van der Waals surface area contributed by atoms with Crippen molar-refractivity contribution in [2.45, 2.75) is 26.9 Å². The van der Waals surface area contributed by atoms with E-state index in [1.165, 1.54) is 0 Å². The third kappa shape index (κ3) is 8.04. The highest BCUT2D eigenvalue weighted by Gasteiger charge is 1.87. The lowest BCUT2D eigenvalue weighted by molar-refractivity contribution is -0.693. The molecule has 4 heteroatoms. The third-order valence-electron chi connectivity index (χ3n) is 2.28. The second kappa shape index (κ2) is 12.3. The van der Waals surface area contributed by atoms with Crippen LogP contribution in [-0.4, -0.2) is 0 Å². The summed E-state index contributed by atoms with van der Waals surface area (Å²) in [6.45, 7) is 6.36. The summed E-state index contributed by atoms with van der Waals surface area (Å²) in [6, 6.07) is 12.2. The van der Waals surface area contributed by atoms with Crippen molar-refractivity contribution < 1.29 is 33.9 Å². The second-order valence-corrected chi connectivity index (χ2v) is 3.41. The number of nitrogens with zero attached hydrogens (tertiary/aromatic N) is 2. The molecule has 2 heterocycles. The van der Waals surface area contributed by atoms with Crippen molar-refractivity contribution in [1.29, 1.82) is 0 Å². The van der Waals surface area contributed by atoms with Crippen molar-refractivity contribution in [3.63, 3.8) is 0 Å². The Kier molecular flexibility index (Phi) is 13.2. The number of aryl methyl sites for hydroxylation is 2. The average molecular weight is 287 g/mol. The van der Waals surface area contributed by atoms with Crippen LogP contribution in [-0.2, 0) is 13.1 Å². The van der Waals surface area contributed by atoms with Gasteiger partial charge in [-0.2, -0.15) is 0 Å². The molecule has 100 valence electrons. The van der Waals surface area contributed by atoms with E-state index in [1.807, 2.05) is 36.4 Å². The van der Waals surface area contributed by atoms with Crippen LogP contribution in [0.15, 0.2) is 61.2 Å². The summed E-state index contributed by atoms with van der Waals surface area (Å²) in [4.78, 5) is 0. The topological polar surface area (TPSA) is 7.76 Å². The number of hydrogen-bond donors (Lipinski definition) is 0. The van der Waals surface area contributed by atoms with Gasteiger partial charge in [0.1, 0.15) is 13.1 Å². The third-order valence-corrected chi connectivity index (χ3v) is 2.28. The van der Waals surface area contributed by atoms with Crippen molar-refractivity contribution >= 4 is 0 Å². The number of pyridine rings is 2. The minimum absolute atomic E-state index is 0. The van der Waals surface area contributed by atoms with Gasteiger partial charge in [0, 0.05) is 24.3 Å². The van der Waals surface area contributed by atoms with E-state index >= 15 is 0 Å². The second-order valence-electron chi connectivity index (χ2n) is 3.41. The zero-order chi connectivity index (χ0) is 11.6. The molecule has 0 radical (unpaired) electrons. The first-order valence-electron chi connectivity index (χ1n) is 5.75. The molecular weight excluding hydrogens is 267 g/mol. The fraction of sp³-hybridized carbons (Fsp3) is 0.286. The lowest BCUT2D eigenvalue weighted by Crippen LogP contribution is -3.00. The zero-order valence-electron chi connectivity index (χ0n) is 10.8. The van der Waals surface area contributed by atoms with E-state index in [0.29, 0.717) is 0 Å². The molecule has 18 heavy (non-hydrogen) atoms. The van der Waals surface area contributed by atoms with Gasteiger partial charge in [0.25, 0.3) is 0 Å². The average Bonchev–Trinajstić information content (AvgIpc) is 2.41. The molecule has 0 bridgehead atoms. The van der Waals surface area contributed by atoms with Crippen LogP contribution in [0.4, 0.5) is 0 Å². The molecular formula is C14H20Cl2N2. The highest BCUT2D eigenvalue weighted by Crippen LogP contribution is 1.75. The van der Waals surface area contributed by atoms with Gasteiger partial charge in [-0.3, -0.25) is 0 Å². The standard InChI is InChI=1S/2C7H10N.2ClH/c2*1-2-8-6-4-3-5-7-8;;/h2*3-7H,2H2,1H3;2*1H/q2*+1;;/p-2. The molecule has 0 aliphatic heterocycles. The zero-order valence-corrected chi connectivity index (χ0v) is 12.3. The van der Waals surface area contributed by atoms with Gasteiger partial charge >= 0.3 is 0 Å². The molecule has 0 saturated carbocycles. The summed E-state index contributed by atoms with van der Waals surface area (Å²) >= 11 is 0. The van der Waals surface area contributed by atoms with Crippen LogP contribution >= 0.6 is 0 Å². The molecule has 2 aromatic rings. The molecule has 0 amide bonds. The molecule has 2 rings (SSSR count). The van der Waals surface area contributed by atoms with Crippen molar-refractivity contribution in [2.75, 3.05) is 0 Å². The van der Waals surface area contributed by atoms with Crippen LogP contribution < -0.4 is 33.9 Å². The molecule has 0 aliphatic rings. The Hall–Kier alpha value is -1.12. The smallest absolute Gasteiger partial charge is 0.168 e. The predicted molar refractivity (Wildman–Crippen MR) is 64.6 cm³/mol. The van der Waals surface area contributed by atoms with Crippen LogP contribution in [0.1, 0.15) is 13.8 Å². The van der Waals surface area contributed by atoms with Gasteiger partial charge in [0.2, 0.25) is 0 Å².